The second kappa shape index (κ2) is 18.0. The summed E-state index contributed by atoms with van der Waals surface area (Å²) in [5, 5.41) is 9.08. The van der Waals surface area contributed by atoms with E-state index in [0.717, 1.165) is 38.5 Å². The Balaban J connectivity index is 1.24. The normalized spacial score (nSPS) is 20.7. The number of benzene rings is 1. The minimum absolute atomic E-state index is 0.0530. The molecule has 13 nitrogen and oxygen atoms in total. The fraction of sp³-hybridized carbons (Fsp3) is 0.561. The first-order valence-electron chi connectivity index (χ1n) is 19.8. The van der Waals surface area contributed by atoms with Crippen LogP contribution in [0.15, 0.2) is 53.5 Å². The van der Waals surface area contributed by atoms with Gasteiger partial charge in [0, 0.05) is 36.4 Å². The van der Waals surface area contributed by atoms with Gasteiger partial charge in [0.2, 0.25) is 23.5 Å². The zero-order chi connectivity index (χ0) is 41.8. The molecule has 17 heteroatoms. The summed E-state index contributed by atoms with van der Waals surface area (Å²) in [5.74, 6) is -5.30. The maximum atomic E-state index is 14.6. The lowest BCUT2D eigenvalue weighted by Gasteiger charge is -2.36. The molecule has 4 amide bonds. The Morgan fingerprint density at radius 2 is 1.62 bits per heavy atom. The number of amides is 4. The van der Waals surface area contributed by atoms with Crippen LogP contribution in [0.2, 0.25) is 5.02 Å². The van der Waals surface area contributed by atoms with Crippen molar-refractivity contribution in [3.63, 3.8) is 0 Å². The number of ketones is 1. The Morgan fingerprint density at radius 3 is 2.21 bits per heavy atom. The molecule has 6 rings (SSSR count). The molecule has 1 aliphatic heterocycles. The van der Waals surface area contributed by atoms with Gasteiger partial charge < -0.3 is 25.3 Å². The van der Waals surface area contributed by atoms with Crippen molar-refractivity contribution in [1.29, 1.82) is 0 Å². The Kier molecular flexibility index (Phi) is 13.2. The highest BCUT2D eigenvalue weighted by Gasteiger charge is 2.47. The van der Waals surface area contributed by atoms with Gasteiger partial charge in [-0.25, -0.2) is 9.97 Å². The van der Waals surface area contributed by atoms with Crippen LogP contribution in [-0.2, 0) is 20.6 Å². The Hall–Kier alpha value is -4.86. The van der Waals surface area contributed by atoms with Crippen LogP contribution in [0.1, 0.15) is 117 Å². The number of carbonyl (C=O) groups excluding carboxylic acids is 5. The van der Waals surface area contributed by atoms with E-state index in [-0.39, 0.29) is 37.0 Å². The molecule has 1 aromatic carbocycles. The monoisotopic (exact) mass is 827 g/mol. The fourth-order valence-electron chi connectivity index (χ4n) is 8.10. The van der Waals surface area contributed by atoms with E-state index in [0.29, 0.717) is 29.7 Å². The molecule has 0 radical (unpaired) electrons. The number of aromatic nitrogens is 3. The van der Waals surface area contributed by atoms with E-state index in [1.165, 1.54) is 23.5 Å². The lowest BCUT2D eigenvalue weighted by molar-refractivity contribution is -0.141. The van der Waals surface area contributed by atoms with Gasteiger partial charge in [-0.3, -0.25) is 29.0 Å². The smallest absolute Gasteiger partial charge is 0.436 e. The first-order chi connectivity index (χ1) is 27.5. The first kappa shape index (κ1) is 42.7. The highest BCUT2D eigenvalue weighted by Crippen LogP contribution is 2.37. The minimum atomic E-state index is -4.83. The quantitative estimate of drug-likeness (QED) is 0.171. The van der Waals surface area contributed by atoms with Crippen molar-refractivity contribution in [3.8, 4) is 0 Å². The molecule has 3 aliphatic rings. The molecule has 312 valence electrons. The minimum Gasteiger partial charge on any atom is -0.442 e. The summed E-state index contributed by atoms with van der Waals surface area (Å²) >= 11 is 6.20. The number of nitrogens with zero attached hydrogens (tertiary/aromatic N) is 4. The Labute approximate surface area is 339 Å². The molecule has 3 heterocycles. The molecule has 58 heavy (non-hydrogen) atoms. The zero-order valence-corrected chi connectivity index (χ0v) is 33.4. The van der Waals surface area contributed by atoms with Gasteiger partial charge >= 0.3 is 6.18 Å². The van der Waals surface area contributed by atoms with Crippen molar-refractivity contribution >= 4 is 41.0 Å². The average Bonchev–Trinajstić information content (AvgIpc) is 3.86. The van der Waals surface area contributed by atoms with Crippen LogP contribution in [-0.4, -0.2) is 80.5 Å². The summed E-state index contributed by atoms with van der Waals surface area (Å²) in [6.45, 7) is 5.42. The molecule has 5 atom stereocenters. The van der Waals surface area contributed by atoms with Gasteiger partial charge in [0.25, 0.3) is 11.8 Å². The Morgan fingerprint density at radius 1 is 0.914 bits per heavy atom. The van der Waals surface area contributed by atoms with Gasteiger partial charge in [-0.1, -0.05) is 83.0 Å². The van der Waals surface area contributed by atoms with Gasteiger partial charge in [0.15, 0.2) is 5.69 Å². The largest absolute Gasteiger partial charge is 0.442 e. The molecule has 0 bridgehead atoms. The predicted molar refractivity (Wildman–Crippen MR) is 205 cm³/mol. The molecule has 2 saturated carbocycles. The van der Waals surface area contributed by atoms with Gasteiger partial charge in [0.05, 0.1) is 18.2 Å². The van der Waals surface area contributed by atoms with Crippen molar-refractivity contribution < 1.29 is 41.6 Å². The predicted octanol–water partition coefficient (Wildman–Crippen LogP) is 6.15. The summed E-state index contributed by atoms with van der Waals surface area (Å²) in [4.78, 5) is 83.0. The maximum Gasteiger partial charge on any atom is 0.436 e. The fourth-order valence-corrected chi connectivity index (χ4v) is 8.22. The highest BCUT2D eigenvalue weighted by atomic mass is 35.5. The van der Waals surface area contributed by atoms with Crippen molar-refractivity contribution in [2.75, 3.05) is 13.1 Å². The number of Topliss-reactive ketones (excluding diaryl/α,β-unsaturated/α-hetero) is 1. The summed E-state index contributed by atoms with van der Waals surface area (Å²) < 4.78 is 45.0. The topological polar surface area (TPSA) is 176 Å². The number of oxazole rings is 1. The third-order valence-electron chi connectivity index (χ3n) is 11.6. The van der Waals surface area contributed by atoms with Gasteiger partial charge in [-0.05, 0) is 54.2 Å². The number of hydrogen-bond donors (Lipinski definition) is 3. The van der Waals surface area contributed by atoms with Crippen LogP contribution >= 0.6 is 11.6 Å². The van der Waals surface area contributed by atoms with Crippen molar-refractivity contribution in [2.24, 2.45) is 23.2 Å². The first-order valence-corrected chi connectivity index (χ1v) is 20.2. The van der Waals surface area contributed by atoms with E-state index in [4.69, 9.17) is 16.0 Å². The van der Waals surface area contributed by atoms with Crippen LogP contribution in [0.4, 0.5) is 13.2 Å². The third-order valence-corrected chi connectivity index (χ3v) is 11.8. The molecule has 0 spiro atoms. The molecule has 3 aromatic rings. The van der Waals surface area contributed by atoms with E-state index >= 15 is 0 Å². The number of halogens is 4. The Bertz CT molecular complexity index is 1940. The summed E-state index contributed by atoms with van der Waals surface area (Å²) in [6, 6.07) is 3.59. The second-order valence-corrected chi connectivity index (χ2v) is 17.2. The van der Waals surface area contributed by atoms with Crippen molar-refractivity contribution in [1.82, 2.24) is 35.8 Å². The lowest BCUT2D eigenvalue weighted by atomic mass is 9.80. The van der Waals surface area contributed by atoms with E-state index in [1.54, 1.807) is 24.3 Å². The highest BCUT2D eigenvalue weighted by molar-refractivity contribution is 6.30. The van der Waals surface area contributed by atoms with E-state index < -0.39 is 82.5 Å². The van der Waals surface area contributed by atoms with Crippen LogP contribution in [0.25, 0.3) is 0 Å². The van der Waals surface area contributed by atoms with Crippen LogP contribution < -0.4 is 16.0 Å². The van der Waals surface area contributed by atoms with E-state index in [9.17, 15) is 37.1 Å². The number of alkyl halides is 3. The molecule has 2 aromatic heterocycles. The van der Waals surface area contributed by atoms with Crippen LogP contribution in [0, 0.1) is 23.2 Å². The van der Waals surface area contributed by atoms with Crippen LogP contribution in [0.5, 0.6) is 0 Å². The molecule has 4 unspecified atom stereocenters. The maximum absolute atomic E-state index is 14.6. The number of carbonyl (C=O) groups is 5. The standard InChI is InChI=1S/C41H49ClF3N7O6/c1-40(2,3)34(51-37(56)32(25-10-5-4-6-11-25)50-36(55)30-19-46-16-17-47-30)39(57)52-20-27(24-12-14-26(42)15-13-24)28(21-52)35(54)48-29(18-23-8-7-9-23)33(53)38-49-31(22-58-38)41(43,44)45/h12-17,19,22-23,25,27-29,32,34H,4-11,18,20-21H2,1-3H3,(H,48,54)(H,50,55)(H,51,56)/t27?,28?,29?,32?,34-/m1/s1. The number of hydrogen-bond acceptors (Lipinski definition) is 9. The van der Waals surface area contributed by atoms with Gasteiger partial charge in [-0.15, -0.1) is 0 Å². The van der Waals surface area contributed by atoms with Crippen molar-refractivity contribution in [3.05, 3.63) is 77.0 Å². The summed E-state index contributed by atoms with van der Waals surface area (Å²) in [5.41, 5.74) is -1.42. The number of likely N-dealkylation sites (tertiary alicyclic amines) is 1. The molecule has 2 aliphatic carbocycles. The van der Waals surface area contributed by atoms with Crippen LogP contribution in [0.3, 0.4) is 0 Å². The number of rotatable bonds is 13. The number of nitrogens with one attached hydrogen (secondary N) is 3. The molecule has 3 fully saturated rings. The second-order valence-electron chi connectivity index (χ2n) is 16.7. The molecule has 1 saturated heterocycles. The third kappa shape index (κ3) is 10.2. The van der Waals surface area contributed by atoms with E-state index in [1.807, 2.05) is 20.8 Å². The van der Waals surface area contributed by atoms with Gasteiger partial charge in [-0.2, -0.15) is 13.2 Å². The SMILES string of the molecule is CC(C)(C)[C@H](NC(=O)C(NC(=O)c1cnccn1)C1CCCCC1)C(=O)N1CC(C(=O)NC(CC2CCC2)C(=O)c2nc(C(F)(F)F)co2)C(c2ccc(Cl)cc2)C1. The zero-order valence-electron chi connectivity index (χ0n) is 32.7. The summed E-state index contributed by atoms with van der Waals surface area (Å²) in [6.07, 6.45) is 6.60. The van der Waals surface area contributed by atoms with Gasteiger partial charge in [0.1, 0.15) is 24.0 Å². The average molecular weight is 828 g/mol. The molecule has 3 N–H and O–H groups in total. The van der Waals surface area contributed by atoms with E-state index in [2.05, 4.69) is 30.9 Å². The van der Waals surface area contributed by atoms with Crippen molar-refractivity contribution in [2.45, 2.75) is 109 Å². The molecular weight excluding hydrogens is 779 g/mol. The molecular formula is C41H49ClF3N7O6. The lowest BCUT2D eigenvalue weighted by Crippen LogP contribution is -2.60. The summed E-state index contributed by atoms with van der Waals surface area (Å²) in [7, 11) is 0.